The second kappa shape index (κ2) is 7.60. The topological polar surface area (TPSA) is 101 Å². The summed E-state index contributed by atoms with van der Waals surface area (Å²) in [6.07, 6.45) is 2.64. The van der Waals surface area contributed by atoms with Gasteiger partial charge in [0.2, 0.25) is 5.43 Å². The number of fused-ring (bicyclic) bond motifs is 7. The van der Waals surface area contributed by atoms with Gasteiger partial charge in [-0.15, -0.1) is 0 Å². The molecule has 1 aromatic heterocycles. The molecule has 0 spiro atoms. The number of halogens is 2. The minimum Gasteiger partial charge on any atom is -0.503 e. The second-order valence-electron chi connectivity index (χ2n) is 8.23. The largest absolute Gasteiger partial charge is 0.503 e. The summed E-state index contributed by atoms with van der Waals surface area (Å²) in [5, 5.41) is 13.0. The molecule has 0 aliphatic carbocycles. The summed E-state index contributed by atoms with van der Waals surface area (Å²) in [6.45, 7) is 2.05. The average Bonchev–Trinajstić information content (AvgIpc) is 3.39. The van der Waals surface area contributed by atoms with Crippen LogP contribution in [0.2, 0.25) is 5.02 Å². The first-order valence-electron chi connectivity index (χ1n) is 10.5. The Hall–Kier alpha value is -2.91. The number of rotatable bonds is 4. The number of pyridine rings is 1. The monoisotopic (exact) mass is 461 g/mol. The first-order chi connectivity index (χ1) is 15.3. The Morgan fingerprint density at radius 1 is 1.28 bits per heavy atom. The smallest absolute Gasteiger partial charge is 0.274 e. The fourth-order valence-electron chi connectivity index (χ4n) is 5.17. The summed E-state index contributed by atoms with van der Waals surface area (Å²) in [6, 6.07) is 3.88. The van der Waals surface area contributed by atoms with Crippen LogP contribution in [-0.4, -0.2) is 51.2 Å². The third-order valence-corrected chi connectivity index (χ3v) is 6.90. The summed E-state index contributed by atoms with van der Waals surface area (Å²) < 4.78 is 21.7. The van der Waals surface area contributed by atoms with Crippen LogP contribution in [0.4, 0.5) is 4.39 Å². The molecule has 4 heterocycles. The molecule has 0 saturated carbocycles. The van der Waals surface area contributed by atoms with Gasteiger partial charge < -0.3 is 24.6 Å². The summed E-state index contributed by atoms with van der Waals surface area (Å²) in [7, 11) is 0. The second-order valence-corrected chi connectivity index (χ2v) is 8.64. The van der Waals surface area contributed by atoms with Gasteiger partial charge in [0.25, 0.3) is 11.8 Å². The van der Waals surface area contributed by atoms with E-state index >= 15 is 0 Å². The van der Waals surface area contributed by atoms with Gasteiger partial charge in [0.15, 0.2) is 11.4 Å². The fourth-order valence-corrected chi connectivity index (χ4v) is 5.36. The molecule has 10 heteroatoms. The fraction of sp³-hybridized carbons (Fsp3) is 0.409. The number of benzene rings is 1. The minimum absolute atomic E-state index is 0.0791. The van der Waals surface area contributed by atoms with Crippen molar-refractivity contribution in [2.24, 2.45) is 0 Å². The SMILES string of the molecule is CCN1C(=O)c2c(O)c(=O)c(C(=O)NCc3cccc(Cl)c3F)cn2[C@@H]2[C@H]1[C@H]1CC[C@@H]2O1. The van der Waals surface area contributed by atoms with Gasteiger partial charge in [-0.05, 0) is 25.8 Å². The highest BCUT2D eigenvalue weighted by Crippen LogP contribution is 2.48. The highest BCUT2D eigenvalue weighted by molar-refractivity contribution is 6.30. The summed E-state index contributed by atoms with van der Waals surface area (Å²) in [5.41, 5.74) is -1.25. The molecule has 2 fully saturated rings. The van der Waals surface area contributed by atoms with E-state index in [0.29, 0.717) is 6.54 Å². The Kier molecular flexibility index (Phi) is 4.98. The molecular weight excluding hydrogens is 441 g/mol. The molecule has 5 rings (SSSR count). The van der Waals surface area contributed by atoms with E-state index in [2.05, 4.69) is 5.32 Å². The zero-order valence-electron chi connectivity index (χ0n) is 17.2. The summed E-state index contributed by atoms with van der Waals surface area (Å²) >= 11 is 5.77. The molecule has 32 heavy (non-hydrogen) atoms. The third kappa shape index (κ3) is 2.95. The highest BCUT2D eigenvalue weighted by Gasteiger charge is 2.56. The molecule has 3 aliphatic heterocycles. The Bertz CT molecular complexity index is 1200. The number of carbonyl (C=O) groups excluding carboxylic acids is 2. The van der Waals surface area contributed by atoms with Gasteiger partial charge in [0, 0.05) is 24.8 Å². The molecule has 2 aromatic rings. The van der Waals surface area contributed by atoms with E-state index in [9.17, 15) is 23.9 Å². The number of aromatic hydroxyl groups is 1. The lowest BCUT2D eigenvalue weighted by Gasteiger charge is -2.43. The number of hydrogen-bond donors (Lipinski definition) is 2. The Morgan fingerprint density at radius 3 is 2.72 bits per heavy atom. The maximum absolute atomic E-state index is 14.1. The molecule has 2 bridgehead atoms. The van der Waals surface area contributed by atoms with Crippen molar-refractivity contribution >= 4 is 23.4 Å². The van der Waals surface area contributed by atoms with E-state index in [-0.39, 0.29) is 52.7 Å². The van der Waals surface area contributed by atoms with Crippen molar-refractivity contribution in [2.45, 2.75) is 50.6 Å². The highest BCUT2D eigenvalue weighted by atomic mass is 35.5. The van der Waals surface area contributed by atoms with Crippen molar-refractivity contribution in [1.82, 2.24) is 14.8 Å². The van der Waals surface area contributed by atoms with Gasteiger partial charge in [-0.25, -0.2) is 4.39 Å². The normalized spacial score (nSPS) is 25.6. The van der Waals surface area contributed by atoms with E-state index in [1.807, 2.05) is 6.92 Å². The van der Waals surface area contributed by atoms with Crippen LogP contribution in [0.3, 0.4) is 0 Å². The van der Waals surface area contributed by atoms with Crippen LogP contribution in [0.5, 0.6) is 5.75 Å². The molecule has 4 atom stereocenters. The zero-order chi connectivity index (χ0) is 22.7. The summed E-state index contributed by atoms with van der Waals surface area (Å²) in [4.78, 5) is 40.3. The Balaban J connectivity index is 1.52. The first kappa shape index (κ1) is 21.0. The molecule has 0 radical (unpaired) electrons. The average molecular weight is 462 g/mol. The van der Waals surface area contributed by atoms with E-state index in [1.165, 1.54) is 22.9 Å². The molecular formula is C22H21ClFN3O5. The molecule has 1 aromatic carbocycles. The van der Waals surface area contributed by atoms with Gasteiger partial charge in [0.1, 0.15) is 11.4 Å². The van der Waals surface area contributed by atoms with Crippen molar-refractivity contribution in [1.29, 1.82) is 0 Å². The van der Waals surface area contributed by atoms with Crippen molar-refractivity contribution in [2.75, 3.05) is 6.54 Å². The predicted octanol–water partition coefficient (Wildman–Crippen LogP) is 2.22. The van der Waals surface area contributed by atoms with E-state index in [1.54, 1.807) is 11.0 Å². The lowest BCUT2D eigenvalue weighted by molar-refractivity contribution is 0.0443. The number of likely N-dealkylation sites (N-methyl/N-ethyl adjacent to an activating group) is 1. The number of amides is 2. The number of aromatic nitrogens is 1. The van der Waals surface area contributed by atoms with Crippen molar-refractivity contribution in [3.8, 4) is 5.75 Å². The van der Waals surface area contributed by atoms with Crippen LogP contribution >= 0.6 is 11.6 Å². The number of hydrogen-bond acceptors (Lipinski definition) is 5. The Labute approximate surface area is 187 Å². The maximum atomic E-state index is 14.1. The lowest BCUT2D eigenvalue weighted by atomic mass is 9.86. The maximum Gasteiger partial charge on any atom is 0.274 e. The van der Waals surface area contributed by atoms with Crippen LogP contribution in [0.1, 0.15) is 52.2 Å². The van der Waals surface area contributed by atoms with E-state index in [4.69, 9.17) is 16.3 Å². The van der Waals surface area contributed by atoms with Crippen LogP contribution in [0.15, 0.2) is 29.2 Å². The standard InChI is InChI=1S/C22H21ClFN3O5/c1-2-26-16-13-6-7-14(32-13)17(16)27-9-11(19(28)20(29)18(27)22(26)31)21(30)25-8-10-4-3-5-12(23)15(10)24/h3-5,9,13-14,16-17,29H,2,6-8H2,1H3,(H,25,30)/t13-,14+,16-,17+/m1/s1. The van der Waals surface area contributed by atoms with Gasteiger partial charge in [-0.3, -0.25) is 14.4 Å². The van der Waals surface area contributed by atoms with Crippen molar-refractivity contribution < 1.29 is 23.8 Å². The lowest BCUT2D eigenvalue weighted by Crippen LogP contribution is -2.55. The third-order valence-electron chi connectivity index (χ3n) is 6.61. The van der Waals surface area contributed by atoms with Crippen LogP contribution in [0.25, 0.3) is 0 Å². The summed E-state index contributed by atoms with van der Waals surface area (Å²) in [5.74, 6) is -2.68. The van der Waals surface area contributed by atoms with Crippen LogP contribution in [-0.2, 0) is 11.3 Å². The van der Waals surface area contributed by atoms with Gasteiger partial charge in [-0.2, -0.15) is 0 Å². The molecule has 2 saturated heterocycles. The number of nitrogens with zero attached hydrogens (tertiary/aromatic N) is 2. The first-order valence-corrected chi connectivity index (χ1v) is 10.9. The molecule has 168 valence electrons. The predicted molar refractivity (Wildman–Crippen MR) is 112 cm³/mol. The number of ether oxygens (including phenoxy) is 1. The number of carbonyl (C=O) groups is 2. The van der Waals surface area contributed by atoms with Crippen molar-refractivity contribution in [3.63, 3.8) is 0 Å². The molecule has 0 unspecified atom stereocenters. The van der Waals surface area contributed by atoms with Gasteiger partial charge >= 0.3 is 0 Å². The van der Waals surface area contributed by atoms with Gasteiger partial charge in [-0.1, -0.05) is 23.7 Å². The van der Waals surface area contributed by atoms with Crippen LogP contribution in [0, 0.1) is 5.82 Å². The zero-order valence-corrected chi connectivity index (χ0v) is 17.9. The molecule has 8 nitrogen and oxygen atoms in total. The van der Waals surface area contributed by atoms with Crippen molar-refractivity contribution in [3.05, 3.63) is 62.3 Å². The van der Waals surface area contributed by atoms with E-state index < -0.39 is 28.8 Å². The minimum atomic E-state index is -0.952. The molecule has 2 N–H and O–H groups in total. The quantitative estimate of drug-likeness (QED) is 0.727. The molecule has 2 amide bonds. The van der Waals surface area contributed by atoms with Gasteiger partial charge in [0.05, 0.1) is 29.3 Å². The van der Waals surface area contributed by atoms with E-state index in [0.717, 1.165) is 12.8 Å². The number of nitrogens with one attached hydrogen (secondary N) is 1. The van der Waals surface area contributed by atoms with Crippen LogP contribution < -0.4 is 10.7 Å². The molecule has 3 aliphatic rings. The Morgan fingerprint density at radius 2 is 2.00 bits per heavy atom.